The van der Waals surface area contributed by atoms with E-state index in [1.165, 1.54) is 0 Å². The second-order valence-corrected chi connectivity index (χ2v) is 3.88. The van der Waals surface area contributed by atoms with E-state index >= 15 is 0 Å². The van der Waals surface area contributed by atoms with Gasteiger partial charge in [-0.15, -0.1) is 0 Å². The van der Waals surface area contributed by atoms with Crippen LogP contribution in [-0.2, 0) is 0 Å². The Balaban J connectivity index is 0.00000133. The van der Waals surface area contributed by atoms with E-state index in [0.717, 1.165) is 22.4 Å². The zero-order valence-electron chi connectivity index (χ0n) is 10.1. The number of aromatic nitrogens is 3. The Morgan fingerprint density at radius 3 is 1.95 bits per heavy atom. The van der Waals surface area contributed by atoms with Gasteiger partial charge in [0.25, 0.3) is 0 Å². The van der Waals surface area contributed by atoms with Crippen LogP contribution < -0.4 is 0 Å². The van der Waals surface area contributed by atoms with Gasteiger partial charge in [-0.3, -0.25) is 15.0 Å². The molecule has 3 heterocycles. The minimum absolute atomic E-state index is 0. The van der Waals surface area contributed by atoms with Crippen molar-refractivity contribution in [2.75, 3.05) is 0 Å². The summed E-state index contributed by atoms with van der Waals surface area (Å²) >= 11 is 0. The Morgan fingerprint density at radius 1 is 0.684 bits per heavy atom. The van der Waals surface area contributed by atoms with Gasteiger partial charge in [-0.05, 0) is 24.3 Å². The number of hydrogen-bond donors (Lipinski definition) is 0. The second-order valence-electron chi connectivity index (χ2n) is 3.88. The monoisotopic (exact) mass is 386 g/mol. The molecular formula is C15H11EuN3. The van der Waals surface area contributed by atoms with Crippen molar-refractivity contribution < 1.29 is 49.4 Å². The Kier molecular flexibility index (Phi) is 5.31. The van der Waals surface area contributed by atoms with Crippen molar-refractivity contribution in [1.29, 1.82) is 0 Å². The maximum atomic E-state index is 4.46. The number of hydrogen-bond acceptors (Lipinski definition) is 3. The average molecular weight is 385 g/mol. The van der Waals surface area contributed by atoms with Crippen LogP contribution in [0.3, 0.4) is 0 Å². The third kappa shape index (κ3) is 3.32. The maximum absolute atomic E-state index is 4.46. The second kappa shape index (κ2) is 6.99. The minimum atomic E-state index is 0. The van der Waals surface area contributed by atoms with Crippen LogP contribution in [-0.4, -0.2) is 15.0 Å². The van der Waals surface area contributed by atoms with E-state index in [9.17, 15) is 0 Å². The van der Waals surface area contributed by atoms with Gasteiger partial charge in [0.05, 0.1) is 5.69 Å². The summed E-state index contributed by atoms with van der Waals surface area (Å²) in [6, 6.07) is 11.9. The normalized spacial score (nSPS) is 9.68. The van der Waals surface area contributed by atoms with Crippen LogP contribution in [0.15, 0.2) is 67.4 Å². The summed E-state index contributed by atoms with van der Waals surface area (Å²) in [5, 5.41) is 0. The Labute approximate surface area is 152 Å². The van der Waals surface area contributed by atoms with Crippen LogP contribution in [0.2, 0.25) is 0 Å². The summed E-state index contributed by atoms with van der Waals surface area (Å²) in [4.78, 5) is 12.8. The third-order valence-corrected chi connectivity index (χ3v) is 2.72. The summed E-state index contributed by atoms with van der Waals surface area (Å²) in [5.41, 5.74) is 4.07. The minimum Gasteiger partial charge on any atom is -0.264 e. The number of nitrogens with zero attached hydrogens (tertiary/aromatic N) is 3. The predicted molar refractivity (Wildman–Crippen MR) is 70.7 cm³/mol. The number of pyridine rings is 3. The molecule has 0 aliphatic rings. The first-order valence-electron chi connectivity index (χ1n) is 5.71. The van der Waals surface area contributed by atoms with Crippen molar-refractivity contribution in [3.8, 4) is 22.4 Å². The molecule has 0 amide bonds. The topological polar surface area (TPSA) is 38.7 Å². The fourth-order valence-electron chi connectivity index (χ4n) is 1.89. The summed E-state index contributed by atoms with van der Waals surface area (Å²) in [7, 11) is 0. The zero-order chi connectivity index (χ0) is 12.2. The molecule has 0 fully saturated rings. The summed E-state index contributed by atoms with van der Waals surface area (Å²) < 4.78 is 0. The summed E-state index contributed by atoms with van der Waals surface area (Å²) in [5.74, 6) is 0. The molecule has 0 bridgehead atoms. The third-order valence-electron chi connectivity index (χ3n) is 2.72. The molecule has 0 aliphatic carbocycles. The molecule has 0 aromatic carbocycles. The van der Waals surface area contributed by atoms with Gasteiger partial charge in [-0.2, -0.15) is 0 Å². The quantitative estimate of drug-likeness (QED) is 0.680. The van der Waals surface area contributed by atoms with Gasteiger partial charge in [-0.25, -0.2) is 0 Å². The molecule has 3 nitrogen and oxygen atoms in total. The van der Waals surface area contributed by atoms with Crippen molar-refractivity contribution >= 4 is 0 Å². The van der Waals surface area contributed by atoms with Crippen molar-refractivity contribution in [2.45, 2.75) is 0 Å². The van der Waals surface area contributed by atoms with Crippen molar-refractivity contribution in [1.82, 2.24) is 15.0 Å². The standard InChI is InChI=1S/C15H11N3.Eu/c1-4-12(10-16-7-1)14-6-3-9-18-15(14)13-5-2-8-17-11-13;/h1-11H;. The molecule has 0 spiro atoms. The zero-order valence-corrected chi connectivity index (χ0v) is 12.5. The fraction of sp³-hybridized carbons (Fsp3) is 0. The molecule has 3 aromatic heterocycles. The molecule has 3 rings (SSSR count). The van der Waals surface area contributed by atoms with Crippen molar-refractivity contribution in [2.24, 2.45) is 0 Å². The molecule has 0 saturated heterocycles. The first-order valence-corrected chi connectivity index (χ1v) is 5.71. The van der Waals surface area contributed by atoms with Crippen LogP contribution in [0, 0.1) is 49.4 Å². The van der Waals surface area contributed by atoms with E-state index in [-0.39, 0.29) is 49.4 Å². The average Bonchev–Trinajstić information content (AvgIpc) is 2.49. The summed E-state index contributed by atoms with van der Waals surface area (Å²) in [6.07, 6.45) is 8.99. The molecule has 4 heteroatoms. The van der Waals surface area contributed by atoms with Crippen molar-refractivity contribution in [3.63, 3.8) is 0 Å². The molecule has 0 N–H and O–H groups in total. The molecule has 3 aromatic rings. The van der Waals surface area contributed by atoms with Crippen LogP contribution in [0.5, 0.6) is 0 Å². The molecule has 19 heavy (non-hydrogen) atoms. The van der Waals surface area contributed by atoms with Crippen LogP contribution in [0.1, 0.15) is 0 Å². The van der Waals surface area contributed by atoms with Crippen LogP contribution >= 0.6 is 0 Å². The first-order chi connectivity index (χ1) is 8.95. The van der Waals surface area contributed by atoms with Gasteiger partial charge in [-0.1, -0.05) is 12.1 Å². The van der Waals surface area contributed by atoms with Gasteiger partial charge < -0.3 is 0 Å². The van der Waals surface area contributed by atoms with Crippen molar-refractivity contribution in [3.05, 3.63) is 67.4 Å². The van der Waals surface area contributed by atoms with Gasteiger partial charge in [0, 0.05) is 97.1 Å². The molecular weight excluding hydrogens is 374 g/mol. The predicted octanol–water partition coefficient (Wildman–Crippen LogP) is 3.21. The SMILES string of the molecule is [Eu].c1cncc(-c2cccnc2-c2cccnc2)c1. The van der Waals surface area contributed by atoms with E-state index in [0.29, 0.717) is 0 Å². The van der Waals surface area contributed by atoms with E-state index in [2.05, 4.69) is 15.0 Å². The first kappa shape index (κ1) is 14.4. The molecule has 0 saturated carbocycles. The molecule has 0 unspecified atom stereocenters. The molecule has 0 aliphatic heterocycles. The van der Waals surface area contributed by atoms with E-state index < -0.39 is 0 Å². The Hall–Kier alpha value is -0.966. The Morgan fingerprint density at radius 2 is 1.32 bits per heavy atom. The fourth-order valence-corrected chi connectivity index (χ4v) is 1.89. The molecule has 93 valence electrons. The van der Waals surface area contributed by atoms with Gasteiger partial charge in [0.15, 0.2) is 0 Å². The smallest absolute Gasteiger partial charge is 0.0796 e. The van der Waals surface area contributed by atoms with Gasteiger partial charge in [0.1, 0.15) is 0 Å². The molecule has 1 radical (unpaired) electrons. The number of rotatable bonds is 2. The Bertz CT molecular complexity index is 583. The van der Waals surface area contributed by atoms with Crippen LogP contribution in [0.4, 0.5) is 0 Å². The van der Waals surface area contributed by atoms with E-state index in [1.54, 1.807) is 18.6 Å². The van der Waals surface area contributed by atoms with E-state index in [4.69, 9.17) is 0 Å². The van der Waals surface area contributed by atoms with Gasteiger partial charge >= 0.3 is 0 Å². The maximum Gasteiger partial charge on any atom is 0.0796 e. The largest absolute Gasteiger partial charge is 0.264 e. The van der Waals surface area contributed by atoms with E-state index in [1.807, 2.05) is 48.8 Å². The van der Waals surface area contributed by atoms with Crippen LogP contribution in [0.25, 0.3) is 22.4 Å². The molecule has 0 atom stereocenters. The summed E-state index contributed by atoms with van der Waals surface area (Å²) in [6.45, 7) is 0. The van der Waals surface area contributed by atoms with Gasteiger partial charge in [0.2, 0.25) is 0 Å².